The molecule has 25 heavy (non-hydrogen) atoms. The number of carbonyl (C=O) groups excluding carboxylic acids is 1. The number of rotatable bonds is 3. The lowest BCUT2D eigenvalue weighted by atomic mass is 9.98. The maximum Gasteiger partial charge on any atom is 0.244 e. The van der Waals surface area contributed by atoms with E-state index in [0.717, 1.165) is 12.8 Å². The molecule has 0 heterocycles. The zero-order valence-corrected chi connectivity index (χ0v) is 16.4. The van der Waals surface area contributed by atoms with Crippen LogP contribution in [-0.2, 0) is 4.79 Å². The van der Waals surface area contributed by atoms with Crippen molar-refractivity contribution in [1.82, 2.24) is 5.32 Å². The Hall–Kier alpha value is -0.990. The lowest BCUT2D eigenvalue weighted by Crippen LogP contribution is -2.33. The number of hydrogen-bond donors (Lipinski definition) is 1. The molecule has 0 atom stereocenters. The molecule has 1 aromatic carbocycles. The molecule has 1 N–H and O–H groups in total. The van der Waals surface area contributed by atoms with E-state index in [1.54, 1.807) is 30.4 Å². The summed E-state index contributed by atoms with van der Waals surface area (Å²) in [5, 5.41) is 4.28. The minimum atomic E-state index is -0.0620. The number of carbonyl (C=O) groups is 1. The van der Waals surface area contributed by atoms with Gasteiger partial charge in [-0.25, -0.2) is 0 Å². The van der Waals surface area contributed by atoms with Crippen molar-refractivity contribution < 1.29 is 4.79 Å². The van der Waals surface area contributed by atoms with Crippen LogP contribution in [0.4, 0.5) is 0 Å². The molecule has 1 aromatic rings. The fourth-order valence-corrected chi connectivity index (χ4v) is 3.91. The van der Waals surface area contributed by atoms with Gasteiger partial charge in [0.2, 0.25) is 5.91 Å². The molecule has 0 aliphatic heterocycles. The maximum atomic E-state index is 12.3. The van der Waals surface area contributed by atoms with Crippen molar-refractivity contribution in [2.24, 2.45) is 0 Å². The number of halogens is 2. The summed E-state index contributed by atoms with van der Waals surface area (Å²) in [6.07, 6.45) is 17.1. The summed E-state index contributed by atoms with van der Waals surface area (Å²) in [7, 11) is 0. The van der Waals surface area contributed by atoms with E-state index in [0.29, 0.717) is 15.6 Å². The number of nitrogens with one attached hydrogen (secondary N) is 1. The molecular formula is C21H29Cl2NO. The first kappa shape index (κ1) is 20.3. The van der Waals surface area contributed by atoms with E-state index in [4.69, 9.17) is 23.2 Å². The van der Waals surface area contributed by atoms with Crippen LogP contribution in [0, 0.1) is 0 Å². The summed E-state index contributed by atoms with van der Waals surface area (Å²) in [6, 6.07) is 5.63. The highest BCUT2D eigenvalue weighted by Gasteiger charge is 2.11. The average Bonchev–Trinajstić information content (AvgIpc) is 2.57. The Labute approximate surface area is 162 Å². The fourth-order valence-electron chi connectivity index (χ4n) is 3.39. The summed E-state index contributed by atoms with van der Waals surface area (Å²) in [6.45, 7) is 0. The fraction of sp³-hybridized carbons (Fsp3) is 0.571. The molecule has 1 fully saturated rings. The largest absolute Gasteiger partial charge is 0.350 e. The molecule has 0 spiro atoms. The molecule has 138 valence electrons. The van der Waals surface area contributed by atoms with Crippen molar-refractivity contribution in [3.63, 3.8) is 0 Å². The number of amides is 1. The van der Waals surface area contributed by atoms with Gasteiger partial charge in [0.25, 0.3) is 0 Å². The second kappa shape index (κ2) is 11.6. The molecule has 0 saturated heterocycles. The quantitative estimate of drug-likeness (QED) is 0.573. The van der Waals surface area contributed by atoms with Gasteiger partial charge in [0.15, 0.2) is 0 Å². The lowest BCUT2D eigenvalue weighted by molar-refractivity contribution is -0.117. The third kappa shape index (κ3) is 7.83. The highest BCUT2D eigenvalue weighted by Crippen LogP contribution is 2.25. The highest BCUT2D eigenvalue weighted by molar-refractivity contribution is 6.37. The molecule has 1 aliphatic rings. The Balaban J connectivity index is 1.88. The van der Waals surface area contributed by atoms with Crippen molar-refractivity contribution in [2.45, 2.75) is 76.7 Å². The standard InChI is InChI=1S/C21H29Cl2NO/c22-19-13-10-14-20(23)18(19)15-16-21(25)24-17-11-8-6-4-2-1-3-5-7-9-12-17/h10,13-17H,1-9,11-12H2,(H,24,25)/b16-15+. The smallest absolute Gasteiger partial charge is 0.244 e. The second-order valence-corrected chi connectivity index (χ2v) is 7.75. The van der Waals surface area contributed by atoms with Gasteiger partial charge in [-0.05, 0) is 31.1 Å². The predicted octanol–water partition coefficient (Wildman–Crippen LogP) is 6.80. The van der Waals surface area contributed by atoms with Crippen LogP contribution in [0.5, 0.6) is 0 Å². The van der Waals surface area contributed by atoms with Gasteiger partial charge in [0.1, 0.15) is 0 Å². The zero-order chi connectivity index (χ0) is 17.9. The topological polar surface area (TPSA) is 29.1 Å². The third-order valence-electron chi connectivity index (χ3n) is 4.85. The van der Waals surface area contributed by atoms with E-state index in [2.05, 4.69) is 5.32 Å². The molecule has 2 rings (SSSR count). The minimum absolute atomic E-state index is 0.0620. The Morgan fingerprint density at radius 3 is 1.88 bits per heavy atom. The summed E-state index contributed by atoms with van der Waals surface area (Å²) in [5.41, 5.74) is 0.694. The molecule has 0 aromatic heterocycles. The molecule has 2 nitrogen and oxygen atoms in total. The summed E-state index contributed by atoms with van der Waals surface area (Å²) < 4.78 is 0. The zero-order valence-electron chi connectivity index (χ0n) is 14.9. The van der Waals surface area contributed by atoms with Crippen LogP contribution < -0.4 is 5.32 Å². The first-order valence-corrected chi connectivity index (χ1v) is 10.3. The Morgan fingerprint density at radius 1 is 0.880 bits per heavy atom. The first-order chi connectivity index (χ1) is 12.2. The highest BCUT2D eigenvalue weighted by atomic mass is 35.5. The molecule has 0 radical (unpaired) electrons. The van der Waals surface area contributed by atoms with E-state index < -0.39 is 0 Å². The van der Waals surface area contributed by atoms with Gasteiger partial charge in [-0.2, -0.15) is 0 Å². The van der Waals surface area contributed by atoms with Crippen molar-refractivity contribution >= 4 is 35.2 Å². The lowest BCUT2D eigenvalue weighted by Gasteiger charge is -2.18. The summed E-state index contributed by atoms with van der Waals surface area (Å²) in [4.78, 5) is 12.3. The van der Waals surface area contributed by atoms with Gasteiger partial charge >= 0.3 is 0 Å². The van der Waals surface area contributed by atoms with E-state index in [1.807, 2.05) is 0 Å². The summed E-state index contributed by atoms with van der Waals surface area (Å²) in [5.74, 6) is -0.0620. The molecule has 1 aliphatic carbocycles. The van der Waals surface area contributed by atoms with Crippen molar-refractivity contribution in [1.29, 1.82) is 0 Å². The van der Waals surface area contributed by atoms with Crippen molar-refractivity contribution in [3.05, 3.63) is 39.9 Å². The van der Waals surface area contributed by atoms with E-state index >= 15 is 0 Å². The van der Waals surface area contributed by atoms with Crippen LogP contribution in [0.3, 0.4) is 0 Å². The molecule has 1 amide bonds. The first-order valence-electron chi connectivity index (χ1n) is 9.59. The number of benzene rings is 1. The van der Waals surface area contributed by atoms with Gasteiger partial charge in [0, 0.05) is 27.7 Å². The van der Waals surface area contributed by atoms with Crippen molar-refractivity contribution in [2.75, 3.05) is 0 Å². The van der Waals surface area contributed by atoms with Gasteiger partial charge in [-0.3, -0.25) is 4.79 Å². The van der Waals surface area contributed by atoms with Gasteiger partial charge in [-0.15, -0.1) is 0 Å². The Bertz CT molecular complexity index is 539. The third-order valence-corrected chi connectivity index (χ3v) is 5.51. The Morgan fingerprint density at radius 2 is 1.36 bits per heavy atom. The SMILES string of the molecule is O=C(/C=C/c1c(Cl)cccc1Cl)NC1CCCCCCCCCCC1. The minimum Gasteiger partial charge on any atom is -0.350 e. The predicted molar refractivity (Wildman–Crippen MR) is 108 cm³/mol. The van der Waals surface area contributed by atoms with E-state index in [9.17, 15) is 4.79 Å². The average molecular weight is 382 g/mol. The van der Waals surface area contributed by atoms with Crippen LogP contribution in [0.1, 0.15) is 76.2 Å². The molecule has 0 unspecified atom stereocenters. The van der Waals surface area contributed by atoms with Crippen LogP contribution in [0.25, 0.3) is 6.08 Å². The second-order valence-electron chi connectivity index (χ2n) is 6.93. The van der Waals surface area contributed by atoms with Crippen LogP contribution in [0.2, 0.25) is 10.0 Å². The molecule has 0 bridgehead atoms. The van der Waals surface area contributed by atoms with Crippen LogP contribution in [-0.4, -0.2) is 11.9 Å². The molecular weight excluding hydrogens is 353 g/mol. The van der Waals surface area contributed by atoms with E-state index in [-0.39, 0.29) is 11.9 Å². The van der Waals surface area contributed by atoms with Crippen molar-refractivity contribution in [3.8, 4) is 0 Å². The summed E-state index contributed by atoms with van der Waals surface area (Å²) >= 11 is 12.3. The molecule has 1 saturated carbocycles. The maximum absolute atomic E-state index is 12.3. The van der Waals surface area contributed by atoms with Gasteiger partial charge in [-0.1, -0.05) is 87.1 Å². The van der Waals surface area contributed by atoms with E-state index in [1.165, 1.54) is 57.8 Å². The van der Waals surface area contributed by atoms with Crippen LogP contribution >= 0.6 is 23.2 Å². The molecule has 4 heteroatoms. The van der Waals surface area contributed by atoms with Gasteiger partial charge in [0.05, 0.1) is 0 Å². The van der Waals surface area contributed by atoms with Crippen LogP contribution in [0.15, 0.2) is 24.3 Å². The van der Waals surface area contributed by atoms with Gasteiger partial charge < -0.3 is 5.32 Å². The normalized spacial score (nSPS) is 18.5. The number of hydrogen-bond acceptors (Lipinski definition) is 1. The monoisotopic (exact) mass is 381 g/mol. The Kier molecular flexibility index (Phi) is 9.42.